The van der Waals surface area contributed by atoms with Crippen LogP contribution < -0.4 is 10.5 Å². The van der Waals surface area contributed by atoms with E-state index in [1.54, 1.807) is 24.3 Å². The molecule has 6 heteroatoms. The Balaban J connectivity index is 2.14. The van der Waals surface area contributed by atoms with Crippen molar-refractivity contribution in [1.29, 1.82) is 0 Å². The topological polar surface area (TPSA) is 72.2 Å². The Morgan fingerprint density at radius 1 is 1.35 bits per heavy atom. The van der Waals surface area contributed by atoms with Crippen LogP contribution in [-0.4, -0.2) is 20.5 Å². The number of halogens is 1. The third-order valence-electron chi connectivity index (χ3n) is 2.90. The quantitative estimate of drug-likeness (QED) is 0.889. The second-order valence-corrected chi connectivity index (χ2v) is 6.98. The molecular weight excluding hydrogens is 304 g/mol. The zero-order valence-corrected chi connectivity index (χ0v) is 11.7. The molecule has 1 aliphatic carbocycles. The molecule has 1 aromatic rings. The highest BCUT2D eigenvalue weighted by Gasteiger charge is 2.26. The van der Waals surface area contributed by atoms with Crippen LogP contribution in [0, 0.1) is 0 Å². The predicted octanol–water partition coefficient (Wildman–Crippen LogP) is 1.61. The van der Waals surface area contributed by atoms with E-state index in [0.29, 0.717) is 6.42 Å². The van der Waals surface area contributed by atoms with E-state index in [9.17, 15) is 8.42 Å². The molecule has 1 aromatic carbocycles. The number of nitrogens with one attached hydrogen (secondary N) is 1. The first-order chi connectivity index (χ1) is 7.97. The first-order valence-corrected chi connectivity index (χ1v) is 7.78. The van der Waals surface area contributed by atoms with Crippen LogP contribution in [0.1, 0.15) is 19.3 Å². The largest absolute Gasteiger partial charge is 0.328 e. The molecule has 0 spiro atoms. The van der Waals surface area contributed by atoms with Crippen molar-refractivity contribution in [3.05, 3.63) is 28.7 Å². The van der Waals surface area contributed by atoms with E-state index in [-0.39, 0.29) is 17.0 Å². The first-order valence-electron chi connectivity index (χ1n) is 5.51. The third kappa shape index (κ3) is 3.28. The molecule has 0 heterocycles. The van der Waals surface area contributed by atoms with Gasteiger partial charge in [-0.2, -0.15) is 0 Å². The number of hydrogen-bond acceptors (Lipinski definition) is 3. The average Bonchev–Trinajstić information content (AvgIpc) is 2.63. The van der Waals surface area contributed by atoms with Gasteiger partial charge in [-0.25, -0.2) is 13.1 Å². The minimum absolute atomic E-state index is 0.0334. The van der Waals surface area contributed by atoms with Gasteiger partial charge in [0.1, 0.15) is 0 Å². The smallest absolute Gasteiger partial charge is 0.240 e. The Hall–Kier alpha value is -0.430. The molecule has 0 aliphatic heterocycles. The monoisotopic (exact) mass is 318 g/mol. The summed E-state index contributed by atoms with van der Waals surface area (Å²) in [6, 6.07) is 6.77. The summed E-state index contributed by atoms with van der Waals surface area (Å²) in [4.78, 5) is 0.285. The predicted molar refractivity (Wildman–Crippen MR) is 70.1 cm³/mol. The van der Waals surface area contributed by atoms with Crippen molar-refractivity contribution in [3.63, 3.8) is 0 Å². The van der Waals surface area contributed by atoms with Gasteiger partial charge in [0.05, 0.1) is 4.90 Å². The lowest BCUT2D eigenvalue weighted by molar-refractivity contribution is 0.548. The van der Waals surface area contributed by atoms with E-state index in [1.807, 2.05) is 0 Å². The summed E-state index contributed by atoms with van der Waals surface area (Å²) in [5, 5.41) is 0. The maximum absolute atomic E-state index is 12.1. The lowest BCUT2D eigenvalue weighted by atomic mass is 10.2. The van der Waals surface area contributed by atoms with Crippen LogP contribution in [0.2, 0.25) is 0 Å². The van der Waals surface area contributed by atoms with Crippen molar-refractivity contribution in [2.75, 3.05) is 0 Å². The van der Waals surface area contributed by atoms with Gasteiger partial charge in [0.2, 0.25) is 10.0 Å². The van der Waals surface area contributed by atoms with Crippen LogP contribution in [-0.2, 0) is 10.0 Å². The van der Waals surface area contributed by atoms with Crippen molar-refractivity contribution in [3.8, 4) is 0 Å². The fourth-order valence-electron chi connectivity index (χ4n) is 2.05. The summed E-state index contributed by atoms with van der Waals surface area (Å²) < 4.78 is 27.6. The average molecular weight is 319 g/mol. The molecule has 0 aromatic heterocycles. The molecule has 0 amide bonds. The second-order valence-electron chi connectivity index (χ2n) is 4.35. The molecular formula is C11H15BrN2O2S. The third-order valence-corrected chi connectivity index (χ3v) is 4.91. The first kappa shape index (κ1) is 13.0. The van der Waals surface area contributed by atoms with Crippen LogP contribution >= 0.6 is 15.9 Å². The zero-order chi connectivity index (χ0) is 12.5. The molecule has 2 atom stereocenters. The van der Waals surface area contributed by atoms with E-state index in [2.05, 4.69) is 20.7 Å². The van der Waals surface area contributed by atoms with Crippen LogP contribution in [0.3, 0.4) is 0 Å². The lowest BCUT2D eigenvalue weighted by Crippen LogP contribution is -2.34. The van der Waals surface area contributed by atoms with Crippen LogP contribution in [0.5, 0.6) is 0 Å². The van der Waals surface area contributed by atoms with Crippen LogP contribution in [0.4, 0.5) is 0 Å². The summed E-state index contributed by atoms with van der Waals surface area (Å²) in [6.07, 6.45) is 2.41. The molecule has 1 aliphatic rings. The highest BCUT2D eigenvalue weighted by molar-refractivity contribution is 9.10. The van der Waals surface area contributed by atoms with Gasteiger partial charge in [0.15, 0.2) is 0 Å². The standard InChI is InChI=1S/C11H15BrN2O2S/c12-8-2-1-3-11(6-8)17(15,16)14-10-5-4-9(13)7-10/h1-3,6,9-10,14H,4-5,7,13H2. The van der Waals surface area contributed by atoms with Crippen molar-refractivity contribution in [2.45, 2.75) is 36.2 Å². The number of sulfonamides is 1. The molecule has 4 nitrogen and oxygen atoms in total. The highest BCUT2D eigenvalue weighted by atomic mass is 79.9. The van der Waals surface area contributed by atoms with Crippen LogP contribution in [0.25, 0.3) is 0 Å². The van der Waals surface area contributed by atoms with Gasteiger partial charge in [-0.05, 0) is 37.5 Å². The van der Waals surface area contributed by atoms with Crippen LogP contribution in [0.15, 0.2) is 33.6 Å². The van der Waals surface area contributed by atoms with E-state index < -0.39 is 10.0 Å². The molecule has 94 valence electrons. The Morgan fingerprint density at radius 2 is 2.12 bits per heavy atom. The molecule has 2 rings (SSSR count). The maximum atomic E-state index is 12.1. The van der Waals surface area contributed by atoms with Gasteiger partial charge in [0, 0.05) is 16.6 Å². The van der Waals surface area contributed by atoms with Crippen molar-refractivity contribution in [2.24, 2.45) is 5.73 Å². The molecule has 0 bridgehead atoms. The summed E-state index contributed by atoms with van der Waals surface area (Å²) in [5.41, 5.74) is 5.76. The molecule has 0 saturated heterocycles. The highest BCUT2D eigenvalue weighted by Crippen LogP contribution is 2.21. The second kappa shape index (κ2) is 5.06. The van der Waals surface area contributed by atoms with Crippen molar-refractivity contribution in [1.82, 2.24) is 4.72 Å². The Kier molecular flexibility index (Phi) is 3.87. The molecule has 17 heavy (non-hydrogen) atoms. The Labute approximate surface area is 110 Å². The SMILES string of the molecule is NC1CCC(NS(=O)(=O)c2cccc(Br)c2)C1. The fourth-order valence-corrected chi connectivity index (χ4v) is 3.92. The number of rotatable bonds is 3. The molecule has 2 unspecified atom stereocenters. The van der Waals surface area contributed by atoms with Gasteiger partial charge < -0.3 is 5.73 Å². The van der Waals surface area contributed by atoms with Gasteiger partial charge >= 0.3 is 0 Å². The summed E-state index contributed by atoms with van der Waals surface area (Å²) in [5.74, 6) is 0. The zero-order valence-electron chi connectivity index (χ0n) is 9.27. The van der Waals surface area contributed by atoms with E-state index in [1.165, 1.54) is 0 Å². The van der Waals surface area contributed by atoms with E-state index >= 15 is 0 Å². The molecule has 1 saturated carbocycles. The maximum Gasteiger partial charge on any atom is 0.240 e. The van der Waals surface area contributed by atoms with Gasteiger partial charge in [-0.1, -0.05) is 22.0 Å². The summed E-state index contributed by atoms with van der Waals surface area (Å²) >= 11 is 3.26. The lowest BCUT2D eigenvalue weighted by Gasteiger charge is -2.13. The summed E-state index contributed by atoms with van der Waals surface area (Å²) in [7, 11) is -3.43. The van der Waals surface area contributed by atoms with Crippen molar-refractivity contribution < 1.29 is 8.42 Å². The number of hydrogen-bond donors (Lipinski definition) is 2. The van der Waals surface area contributed by atoms with Gasteiger partial charge in [-0.15, -0.1) is 0 Å². The Morgan fingerprint density at radius 3 is 2.71 bits per heavy atom. The molecule has 0 radical (unpaired) electrons. The number of benzene rings is 1. The van der Waals surface area contributed by atoms with Crippen molar-refractivity contribution >= 4 is 26.0 Å². The van der Waals surface area contributed by atoms with Gasteiger partial charge in [0.25, 0.3) is 0 Å². The van der Waals surface area contributed by atoms with E-state index in [4.69, 9.17) is 5.73 Å². The fraction of sp³-hybridized carbons (Fsp3) is 0.455. The molecule has 3 N–H and O–H groups in total. The Bertz CT molecular complexity index is 504. The molecule has 1 fully saturated rings. The van der Waals surface area contributed by atoms with E-state index in [0.717, 1.165) is 17.3 Å². The summed E-state index contributed by atoms with van der Waals surface area (Å²) in [6.45, 7) is 0. The number of nitrogens with two attached hydrogens (primary N) is 1. The minimum atomic E-state index is -3.43. The minimum Gasteiger partial charge on any atom is -0.328 e. The normalized spacial score (nSPS) is 25.1. The van der Waals surface area contributed by atoms with Gasteiger partial charge in [-0.3, -0.25) is 0 Å².